The molecule has 0 aliphatic rings. The van der Waals surface area contributed by atoms with E-state index in [1.54, 1.807) is 0 Å². The average molecular weight is 273 g/mol. The van der Waals surface area contributed by atoms with Gasteiger partial charge in [0.2, 0.25) is 0 Å². The summed E-state index contributed by atoms with van der Waals surface area (Å²) >= 11 is 6.31. The van der Waals surface area contributed by atoms with E-state index in [9.17, 15) is 0 Å². The van der Waals surface area contributed by atoms with Crippen LogP contribution in [-0.4, -0.2) is 15.8 Å². The molecule has 1 rings (SSSR count). The first kappa shape index (κ1) is 15.5. The number of aromatic nitrogens is 2. The number of hydrazine groups is 1. The smallest absolute Gasteiger partial charge is 0.0847 e. The summed E-state index contributed by atoms with van der Waals surface area (Å²) in [5, 5.41) is 5.20. The minimum absolute atomic E-state index is 0.212. The van der Waals surface area contributed by atoms with E-state index in [0.717, 1.165) is 35.8 Å². The molecule has 0 aliphatic carbocycles. The lowest BCUT2D eigenvalue weighted by atomic mass is 9.87. The van der Waals surface area contributed by atoms with Crippen molar-refractivity contribution < 1.29 is 0 Å². The molecule has 1 aromatic heterocycles. The fourth-order valence-electron chi connectivity index (χ4n) is 2.23. The average Bonchev–Trinajstić information content (AvgIpc) is 2.53. The van der Waals surface area contributed by atoms with E-state index in [1.165, 1.54) is 0 Å². The van der Waals surface area contributed by atoms with Crippen molar-refractivity contribution in [1.82, 2.24) is 15.2 Å². The Balaban J connectivity index is 2.88. The summed E-state index contributed by atoms with van der Waals surface area (Å²) < 4.78 is 1.96. The highest BCUT2D eigenvalue weighted by molar-refractivity contribution is 6.31. The number of aryl methyl sites for hydroxylation is 2. The van der Waals surface area contributed by atoms with Crippen LogP contribution in [0.1, 0.15) is 45.5 Å². The number of nitrogens with one attached hydrogen (secondary N) is 1. The molecule has 0 aliphatic heterocycles. The summed E-state index contributed by atoms with van der Waals surface area (Å²) in [5.74, 6) is 5.65. The normalized spacial score (nSPS) is 13.9. The lowest BCUT2D eigenvalue weighted by molar-refractivity contribution is 0.305. The number of rotatable bonds is 5. The Morgan fingerprint density at radius 3 is 2.50 bits per heavy atom. The van der Waals surface area contributed by atoms with Gasteiger partial charge in [0, 0.05) is 19.0 Å². The monoisotopic (exact) mass is 272 g/mol. The fourth-order valence-corrected chi connectivity index (χ4v) is 2.44. The van der Waals surface area contributed by atoms with Gasteiger partial charge in [0.15, 0.2) is 0 Å². The van der Waals surface area contributed by atoms with Crippen LogP contribution in [0.15, 0.2) is 0 Å². The van der Waals surface area contributed by atoms with Gasteiger partial charge in [-0.3, -0.25) is 16.0 Å². The molecule has 1 heterocycles. The molecule has 0 saturated heterocycles. The summed E-state index contributed by atoms with van der Waals surface area (Å²) in [4.78, 5) is 0. The maximum atomic E-state index is 6.31. The van der Waals surface area contributed by atoms with Gasteiger partial charge in [-0.2, -0.15) is 5.10 Å². The molecule has 0 aromatic carbocycles. The molecule has 0 spiro atoms. The molecule has 0 saturated carbocycles. The van der Waals surface area contributed by atoms with Crippen LogP contribution in [0, 0.1) is 12.3 Å². The third kappa shape index (κ3) is 3.97. The molecule has 0 bridgehead atoms. The van der Waals surface area contributed by atoms with E-state index in [0.29, 0.717) is 0 Å². The molecule has 1 unspecified atom stereocenters. The first-order valence-corrected chi connectivity index (χ1v) is 6.84. The second kappa shape index (κ2) is 6.04. The van der Waals surface area contributed by atoms with Crippen LogP contribution in [0.25, 0.3) is 0 Å². The minimum atomic E-state index is 0.212. The van der Waals surface area contributed by atoms with Crippen LogP contribution in [0.5, 0.6) is 0 Å². The molecule has 1 atom stereocenters. The summed E-state index contributed by atoms with van der Waals surface area (Å²) in [6, 6.07) is 0.212. The number of nitrogens with zero attached hydrogens (tertiary/aromatic N) is 2. The molecule has 18 heavy (non-hydrogen) atoms. The standard InChI is InChI=1S/C13H25ClN4/c1-6-18-11(12(14)9(2)17-18)7-10(16-15)8-13(3,4)5/h10,16H,6-8,15H2,1-5H3. The van der Waals surface area contributed by atoms with Crippen LogP contribution >= 0.6 is 11.6 Å². The maximum absolute atomic E-state index is 6.31. The van der Waals surface area contributed by atoms with E-state index in [-0.39, 0.29) is 11.5 Å². The molecular formula is C13H25ClN4. The fraction of sp³-hybridized carbons (Fsp3) is 0.769. The first-order chi connectivity index (χ1) is 8.28. The van der Waals surface area contributed by atoms with Crippen molar-refractivity contribution in [3.8, 4) is 0 Å². The van der Waals surface area contributed by atoms with Gasteiger partial charge in [0.05, 0.1) is 16.4 Å². The Bertz CT molecular complexity index is 392. The second-order valence-corrected chi connectivity index (χ2v) is 6.37. The second-order valence-electron chi connectivity index (χ2n) is 5.99. The molecular weight excluding hydrogens is 248 g/mol. The molecule has 0 amide bonds. The van der Waals surface area contributed by atoms with Gasteiger partial charge >= 0.3 is 0 Å². The Labute approximate surface area is 115 Å². The lowest BCUT2D eigenvalue weighted by Crippen LogP contribution is -2.40. The van der Waals surface area contributed by atoms with Crippen LogP contribution in [0.2, 0.25) is 5.02 Å². The summed E-state index contributed by atoms with van der Waals surface area (Å²) in [6.45, 7) is 11.5. The zero-order chi connectivity index (χ0) is 13.9. The molecule has 3 N–H and O–H groups in total. The quantitative estimate of drug-likeness (QED) is 0.640. The SMILES string of the molecule is CCn1nc(C)c(Cl)c1CC(CC(C)(C)C)NN. The summed E-state index contributed by atoms with van der Waals surface area (Å²) in [7, 11) is 0. The van der Waals surface area contributed by atoms with Gasteiger partial charge in [0.25, 0.3) is 0 Å². The highest BCUT2D eigenvalue weighted by atomic mass is 35.5. The van der Waals surface area contributed by atoms with Gasteiger partial charge in [0.1, 0.15) is 0 Å². The molecule has 0 radical (unpaired) electrons. The maximum Gasteiger partial charge on any atom is 0.0847 e. The van der Waals surface area contributed by atoms with Crippen molar-refractivity contribution in [1.29, 1.82) is 0 Å². The highest BCUT2D eigenvalue weighted by Crippen LogP contribution is 2.26. The topological polar surface area (TPSA) is 55.9 Å². The minimum Gasteiger partial charge on any atom is -0.271 e. The van der Waals surface area contributed by atoms with E-state index in [4.69, 9.17) is 17.4 Å². The van der Waals surface area contributed by atoms with Gasteiger partial charge < -0.3 is 0 Å². The summed E-state index contributed by atoms with van der Waals surface area (Å²) in [5.41, 5.74) is 5.09. The van der Waals surface area contributed by atoms with Crippen LogP contribution in [0.4, 0.5) is 0 Å². The van der Waals surface area contributed by atoms with Crippen molar-refractivity contribution in [2.45, 2.75) is 60.0 Å². The van der Waals surface area contributed by atoms with Gasteiger partial charge in [-0.15, -0.1) is 0 Å². The van der Waals surface area contributed by atoms with Crippen LogP contribution in [0.3, 0.4) is 0 Å². The van der Waals surface area contributed by atoms with Crippen molar-refractivity contribution >= 4 is 11.6 Å². The molecule has 5 heteroatoms. The van der Waals surface area contributed by atoms with Crippen molar-refractivity contribution in [2.24, 2.45) is 11.3 Å². The predicted molar refractivity (Wildman–Crippen MR) is 76.5 cm³/mol. The van der Waals surface area contributed by atoms with Crippen molar-refractivity contribution in [3.63, 3.8) is 0 Å². The summed E-state index contributed by atoms with van der Waals surface area (Å²) in [6.07, 6.45) is 1.80. The number of hydrogen-bond acceptors (Lipinski definition) is 3. The third-order valence-corrected chi connectivity index (χ3v) is 3.48. The molecule has 1 aromatic rings. The van der Waals surface area contributed by atoms with Crippen LogP contribution in [-0.2, 0) is 13.0 Å². The van der Waals surface area contributed by atoms with Gasteiger partial charge in [-0.1, -0.05) is 32.4 Å². The Morgan fingerprint density at radius 2 is 2.06 bits per heavy atom. The predicted octanol–water partition coefficient (Wildman–Crippen LogP) is 2.68. The van der Waals surface area contributed by atoms with E-state index >= 15 is 0 Å². The van der Waals surface area contributed by atoms with E-state index in [1.807, 2.05) is 11.6 Å². The zero-order valence-corrected chi connectivity index (χ0v) is 12.8. The Morgan fingerprint density at radius 1 is 1.44 bits per heavy atom. The third-order valence-electron chi connectivity index (χ3n) is 2.99. The van der Waals surface area contributed by atoms with Gasteiger partial charge in [-0.05, 0) is 25.7 Å². The highest BCUT2D eigenvalue weighted by Gasteiger charge is 2.21. The Kier molecular flexibility index (Phi) is 5.20. The van der Waals surface area contributed by atoms with E-state index in [2.05, 4.69) is 38.2 Å². The number of nitrogens with two attached hydrogens (primary N) is 1. The molecule has 0 fully saturated rings. The first-order valence-electron chi connectivity index (χ1n) is 6.46. The zero-order valence-electron chi connectivity index (χ0n) is 12.0. The van der Waals surface area contributed by atoms with Crippen molar-refractivity contribution in [2.75, 3.05) is 0 Å². The molecule has 104 valence electrons. The number of hydrogen-bond donors (Lipinski definition) is 2. The lowest BCUT2D eigenvalue weighted by Gasteiger charge is -2.25. The van der Waals surface area contributed by atoms with E-state index < -0.39 is 0 Å². The van der Waals surface area contributed by atoms with Crippen LogP contribution < -0.4 is 11.3 Å². The largest absolute Gasteiger partial charge is 0.271 e. The number of halogens is 1. The molecule has 4 nitrogen and oxygen atoms in total. The van der Waals surface area contributed by atoms with Crippen molar-refractivity contribution in [3.05, 3.63) is 16.4 Å². The van der Waals surface area contributed by atoms with Gasteiger partial charge in [-0.25, -0.2) is 0 Å². The Hall–Kier alpha value is -0.580.